The maximum Gasteiger partial charge on any atom is 0.283 e. The fraction of sp³-hybridized carbons (Fsp3) is 0.500. The summed E-state index contributed by atoms with van der Waals surface area (Å²) in [4.78, 5) is 22.6. The zero-order valence-electron chi connectivity index (χ0n) is 10.2. The average Bonchev–Trinajstić information content (AvgIpc) is 2.98. The summed E-state index contributed by atoms with van der Waals surface area (Å²) < 4.78 is 6.19. The molecule has 0 saturated carbocycles. The normalized spacial score (nSPS) is 30.1. The van der Waals surface area contributed by atoms with Crippen molar-refractivity contribution in [3.63, 3.8) is 0 Å². The summed E-state index contributed by atoms with van der Waals surface area (Å²) in [7, 11) is 0. The van der Waals surface area contributed by atoms with E-state index in [-0.39, 0.29) is 17.1 Å². The summed E-state index contributed by atoms with van der Waals surface area (Å²) in [6.07, 6.45) is -3.67. The Hall–Kier alpha value is -2.01. The number of nitrogens with one attached hydrogen (secondary N) is 1. The highest BCUT2D eigenvalue weighted by Crippen LogP contribution is 2.29. The van der Waals surface area contributed by atoms with E-state index < -0.39 is 36.7 Å². The molecule has 0 bridgehead atoms. The Bertz CT molecular complexity index is 697. The largest absolute Gasteiger partial charge is 0.394 e. The predicted molar refractivity (Wildman–Crippen MR) is 65.6 cm³/mol. The highest BCUT2D eigenvalue weighted by atomic mass is 16.6. The van der Waals surface area contributed by atoms with Gasteiger partial charge in [-0.15, -0.1) is 0 Å². The van der Waals surface area contributed by atoms with Crippen LogP contribution in [0.5, 0.6) is 0 Å². The third-order valence-corrected chi connectivity index (χ3v) is 3.29. The zero-order valence-corrected chi connectivity index (χ0v) is 10.2. The SMILES string of the molecule is Nc1nc2nc[nH]c2c(=O)n1[C@H]1O[C@H](CO)[C@H](O)[C@@H]1O. The van der Waals surface area contributed by atoms with Crippen molar-refractivity contribution >= 4 is 17.1 Å². The first kappa shape index (κ1) is 13.0. The number of hydrogen-bond acceptors (Lipinski definition) is 8. The number of aliphatic hydroxyl groups excluding tert-OH is 3. The molecule has 3 heterocycles. The number of fused-ring (bicyclic) bond motifs is 1. The number of hydrogen-bond donors (Lipinski definition) is 5. The molecule has 0 aliphatic carbocycles. The van der Waals surface area contributed by atoms with Gasteiger partial charge in [0.2, 0.25) is 5.95 Å². The van der Waals surface area contributed by atoms with Crippen molar-refractivity contribution < 1.29 is 20.1 Å². The number of nitrogens with zero attached hydrogens (tertiary/aromatic N) is 3. The molecule has 1 aliphatic rings. The Morgan fingerprint density at radius 2 is 2.20 bits per heavy atom. The highest BCUT2D eigenvalue weighted by Gasteiger charge is 2.44. The molecule has 3 rings (SSSR count). The first-order valence-corrected chi connectivity index (χ1v) is 5.88. The molecule has 1 fully saturated rings. The fourth-order valence-corrected chi connectivity index (χ4v) is 2.26. The lowest BCUT2D eigenvalue weighted by atomic mass is 10.1. The van der Waals surface area contributed by atoms with Crippen LogP contribution < -0.4 is 11.3 Å². The Kier molecular flexibility index (Phi) is 2.94. The number of ether oxygens (including phenoxy) is 1. The molecule has 10 nitrogen and oxygen atoms in total. The highest BCUT2D eigenvalue weighted by molar-refractivity contribution is 5.69. The Balaban J connectivity index is 2.13. The minimum Gasteiger partial charge on any atom is -0.394 e. The number of aromatic amines is 1. The molecule has 0 spiro atoms. The van der Waals surface area contributed by atoms with E-state index in [0.717, 1.165) is 4.57 Å². The van der Waals surface area contributed by atoms with Crippen molar-refractivity contribution in [1.82, 2.24) is 19.5 Å². The Morgan fingerprint density at radius 1 is 1.45 bits per heavy atom. The molecule has 6 N–H and O–H groups in total. The molecule has 108 valence electrons. The van der Waals surface area contributed by atoms with Gasteiger partial charge in [-0.3, -0.25) is 4.79 Å². The number of anilines is 1. The van der Waals surface area contributed by atoms with Crippen LogP contribution in [0.1, 0.15) is 6.23 Å². The summed E-state index contributed by atoms with van der Waals surface area (Å²) >= 11 is 0. The van der Waals surface area contributed by atoms with E-state index in [2.05, 4.69) is 15.0 Å². The molecule has 20 heavy (non-hydrogen) atoms. The van der Waals surface area contributed by atoms with Gasteiger partial charge < -0.3 is 30.8 Å². The van der Waals surface area contributed by atoms with Gasteiger partial charge in [-0.1, -0.05) is 0 Å². The minimum atomic E-state index is -1.41. The predicted octanol–water partition coefficient (Wildman–Crippen LogP) is -2.69. The topological polar surface area (TPSA) is 160 Å². The second kappa shape index (κ2) is 4.52. The van der Waals surface area contributed by atoms with Crippen molar-refractivity contribution in [1.29, 1.82) is 0 Å². The first-order chi connectivity index (χ1) is 9.54. The minimum absolute atomic E-state index is 0.108. The number of aliphatic hydroxyl groups is 3. The molecule has 2 aromatic rings. The number of nitrogens with two attached hydrogens (primary N) is 1. The number of aromatic nitrogens is 4. The van der Waals surface area contributed by atoms with Crippen LogP contribution in [0.25, 0.3) is 11.2 Å². The van der Waals surface area contributed by atoms with Gasteiger partial charge in [-0.25, -0.2) is 9.55 Å². The molecule has 0 radical (unpaired) electrons. The van der Waals surface area contributed by atoms with E-state index in [1.165, 1.54) is 6.33 Å². The van der Waals surface area contributed by atoms with E-state index in [1.54, 1.807) is 0 Å². The van der Waals surface area contributed by atoms with Gasteiger partial charge in [-0.2, -0.15) is 4.98 Å². The van der Waals surface area contributed by atoms with Crippen molar-refractivity contribution in [3.8, 4) is 0 Å². The van der Waals surface area contributed by atoms with Gasteiger partial charge in [0.1, 0.15) is 18.3 Å². The van der Waals surface area contributed by atoms with Crippen LogP contribution in [-0.4, -0.2) is 59.8 Å². The van der Waals surface area contributed by atoms with Crippen LogP contribution in [0.15, 0.2) is 11.1 Å². The molecule has 2 aromatic heterocycles. The summed E-state index contributed by atoms with van der Waals surface area (Å²) in [5.74, 6) is -0.204. The molecular weight excluding hydrogens is 270 g/mol. The van der Waals surface area contributed by atoms with Crippen molar-refractivity contribution in [2.24, 2.45) is 0 Å². The fourth-order valence-electron chi connectivity index (χ4n) is 2.26. The smallest absolute Gasteiger partial charge is 0.283 e. The standard InChI is InChI=1S/C10H13N5O5/c11-10-14-7-4(12-2-13-7)8(19)15(10)9-6(18)5(17)3(1-16)20-9/h2-3,5-6,9,16-18H,1H2,(H2,11,14)(H,12,13)/t3-,5+,6+,9+/m1/s1. The summed E-state index contributed by atoms with van der Waals surface area (Å²) in [5.41, 5.74) is 5.36. The van der Waals surface area contributed by atoms with Crippen LogP contribution >= 0.6 is 0 Å². The monoisotopic (exact) mass is 283 g/mol. The maximum atomic E-state index is 12.3. The molecule has 0 amide bonds. The van der Waals surface area contributed by atoms with Crippen molar-refractivity contribution in [2.45, 2.75) is 24.5 Å². The maximum absolute atomic E-state index is 12.3. The number of imidazole rings is 1. The van der Waals surface area contributed by atoms with Crippen LogP contribution in [0, 0.1) is 0 Å². The quantitative estimate of drug-likeness (QED) is 0.398. The van der Waals surface area contributed by atoms with Gasteiger partial charge in [0, 0.05) is 0 Å². The van der Waals surface area contributed by atoms with E-state index in [4.69, 9.17) is 15.6 Å². The lowest BCUT2D eigenvalue weighted by Crippen LogP contribution is -2.36. The molecular formula is C10H13N5O5. The Morgan fingerprint density at radius 3 is 2.85 bits per heavy atom. The lowest BCUT2D eigenvalue weighted by Gasteiger charge is -2.18. The van der Waals surface area contributed by atoms with Crippen molar-refractivity contribution in [3.05, 3.63) is 16.7 Å². The first-order valence-electron chi connectivity index (χ1n) is 5.88. The Labute approximate surface area is 111 Å². The third-order valence-electron chi connectivity index (χ3n) is 3.29. The zero-order chi connectivity index (χ0) is 14.4. The number of rotatable bonds is 2. The number of H-pyrrole nitrogens is 1. The van der Waals surface area contributed by atoms with Gasteiger partial charge in [0.05, 0.1) is 12.9 Å². The summed E-state index contributed by atoms with van der Waals surface area (Å²) in [6.45, 7) is -0.497. The van der Waals surface area contributed by atoms with Crippen molar-refractivity contribution in [2.75, 3.05) is 12.3 Å². The molecule has 10 heteroatoms. The third kappa shape index (κ3) is 1.70. The van der Waals surface area contributed by atoms with Crippen LogP contribution in [0.4, 0.5) is 5.95 Å². The second-order valence-electron chi connectivity index (χ2n) is 4.48. The van der Waals surface area contributed by atoms with Gasteiger partial charge >= 0.3 is 0 Å². The van der Waals surface area contributed by atoms with Gasteiger partial charge in [0.15, 0.2) is 17.4 Å². The van der Waals surface area contributed by atoms with E-state index >= 15 is 0 Å². The average molecular weight is 283 g/mol. The molecule has 0 aromatic carbocycles. The van der Waals surface area contributed by atoms with E-state index in [9.17, 15) is 15.0 Å². The van der Waals surface area contributed by atoms with Gasteiger partial charge in [-0.05, 0) is 0 Å². The number of nitrogen functional groups attached to an aromatic ring is 1. The summed E-state index contributed by atoms with van der Waals surface area (Å²) in [6, 6.07) is 0. The lowest BCUT2D eigenvalue weighted by molar-refractivity contribution is -0.0534. The van der Waals surface area contributed by atoms with E-state index in [0.29, 0.717) is 0 Å². The molecule has 0 unspecified atom stereocenters. The van der Waals surface area contributed by atoms with Crippen LogP contribution in [0.3, 0.4) is 0 Å². The molecule has 1 saturated heterocycles. The van der Waals surface area contributed by atoms with E-state index in [1.807, 2.05) is 0 Å². The second-order valence-corrected chi connectivity index (χ2v) is 4.48. The summed E-state index contributed by atoms with van der Waals surface area (Å²) in [5, 5.41) is 28.7. The molecule has 1 aliphatic heterocycles. The van der Waals surface area contributed by atoms with Gasteiger partial charge in [0.25, 0.3) is 5.56 Å². The van der Waals surface area contributed by atoms with Crippen LogP contribution in [-0.2, 0) is 4.74 Å². The van der Waals surface area contributed by atoms with Crippen LogP contribution in [0.2, 0.25) is 0 Å². The molecule has 4 atom stereocenters.